The summed E-state index contributed by atoms with van der Waals surface area (Å²) in [5, 5.41) is 2.73. The van der Waals surface area contributed by atoms with Gasteiger partial charge in [-0.2, -0.15) is 0 Å². The Kier molecular flexibility index (Phi) is 3.96. The van der Waals surface area contributed by atoms with Crippen molar-refractivity contribution in [2.24, 2.45) is 0 Å². The highest BCUT2D eigenvalue weighted by Crippen LogP contribution is 2.14. The molecular weight excluding hydrogens is 210 g/mol. The average molecular weight is 225 g/mol. The van der Waals surface area contributed by atoms with Gasteiger partial charge in [0, 0.05) is 12.2 Å². The standard InChI is InChI=1S/C10H15N3OS/c1-7(2)12-10(14)13(15)9-6-8(3)4-5-11-9/h4-7,15H,1-3H3,(H,12,14). The molecule has 0 aliphatic rings. The molecule has 1 aromatic rings. The van der Waals surface area contributed by atoms with Crippen LogP contribution in [-0.4, -0.2) is 17.1 Å². The summed E-state index contributed by atoms with van der Waals surface area (Å²) in [5.41, 5.74) is 1.04. The van der Waals surface area contributed by atoms with Crippen molar-refractivity contribution in [3.05, 3.63) is 23.9 Å². The molecule has 0 saturated heterocycles. The lowest BCUT2D eigenvalue weighted by atomic mass is 10.3. The summed E-state index contributed by atoms with van der Waals surface area (Å²) in [7, 11) is 0. The normalized spacial score (nSPS) is 10.2. The molecule has 1 aromatic heterocycles. The Morgan fingerprint density at radius 1 is 1.60 bits per heavy atom. The molecule has 1 N–H and O–H groups in total. The van der Waals surface area contributed by atoms with Gasteiger partial charge in [-0.25, -0.2) is 14.1 Å². The minimum atomic E-state index is -0.272. The van der Waals surface area contributed by atoms with E-state index >= 15 is 0 Å². The number of pyridine rings is 1. The molecule has 1 rings (SSSR count). The number of amides is 2. The monoisotopic (exact) mass is 225 g/mol. The number of carbonyl (C=O) groups is 1. The number of anilines is 1. The zero-order chi connectivity index (χ0) is 11.4. The fraction of sp³-hybridized carbons (Fsp3) is 0.400. The summed E-state index contributed by atoms with van der Waals surface area (Å²) in [5.74, 6) is 0.525. The van der Waals surface area contributed by atoms with Crippen LogP contribution in [0.3, 0.4) is 0 Å². The maximum atomic E-state index is 11.6. The van der Waals surface area contributed by atoms with Crippen LogP contribution in [0.1, 0.15) is 19.4 Å². The summed E-state index contributed by atoms with van der Waals surface area (Å²) in [4.78, 5) is 15.6. The third-order valence-corrected chi connectivity index (χ3v) is 2.11. The maximum Gasteiger partial charge on any atom is 0.333 e. The van der Waals surface area contributed by atoms with Gasteiger partial charge in [0.2, 0.25) is 0 Å². The Hall–Kier alpha value is -1.23. The van der Waals surface area contributed by atoms with Crippen molar-refractivity contribution in [1.29, 1.82) is 0 Å². The van der Waals surface area contributed by atoms with Crippen molar-refractivity contribution in [3.8, 4) is 0 Å². The van der Waals surface area contributed by atoms with Gasteiger partial charge in [0.1, 0.15) is 5.82 Å². The highest BCUT2D eigenvalue weighted by atomic mass is 32.1. The summed E-state index contributed by atoms with van der Waals surface area (Å²) in [6.07, 6.45) is 1.65. The molecule has 0 aliphatic heterocycles. The van der Waals surface area contributed by atoms with E-state index in [0.29, 0.717) is 5.82 Å². The summed E-state index contributed by atoms with van der Waals surface area (Å²) < 4.78 is 1.20. The number of aryl methyl sites for hydroxylation is 1. The highest BCUT2D eigenvalue weighted by molar-refractivity contribution is 7.82. The minimum Gasteiger partial charge on any atom is -0.335 e. The summed E-state index contributed by atoms with van der Waals surface area (Å²) >= 11 is 4.10. The molecule has 4 nitrogen and oxygen atoms in total. The van der Waals surface area contributed by atoms with Crippen LogP contribution in [0.15, 0.2) is 18.3 Å². The van der Waals surface area contributed by atoms with Crippen LogP contribution in [0.5, 0.6) is 0 Å². The van der Waals surface area contributed by atoms with Crippen LogP contribution in [-0.2, 0) is 0 Å². The summed E-state index contributed by atoms with van der Waals surface area (Å²) in [6.45, 7) is 5.72. The minimum absolute atomic E-state index is 0.0805. The number of nitrogens with one attached hydrogen (secondary N) is 1. The number of carbonyl (C=O) groups excluding carboxylic acids is 1. The SMILES string of the molecule is Cc1ccnc(N(S)C(=O)NC(C)C)c1. The van der Waals surface area contributed by atoms with Gasteiger partial charge in [0.15, 0.2) is 0 Å². The zero-order valence-corrected chi connectivity index (χ0v) is 9.95. The first-order valence-corrected chi connectivity index (χ1v) is 5.13. The number of hydrogen-bond acceptors (Lipinski definition) is 3. The second-order valence-corrected chi connectivity index (χ2v) is 4.01. The van der Waals surface area contributed by atoms with E-state index in [1.807, 2.05) is 26.8 Å². The zero-order valence-electron chi connectivity index (χ0n) is 9.06. The largest absolute Gasteiger partial charge is 0.335 e. The lowest BCUT2D eigenvalue weighted by molar-refractivity contribution is 0.247. The maximum absolute atomic E-state index is 11.6. The molecular formula is C10H15N3OS. The van der Waals surface area contributed by atoms with Gasteiger partial charge in [-0.15, -0.1) is 0 Å². The van der Waals surface area contributed by atoms with Crippen molar-refractivity contribution in [2.45, 2.75) is 26.8 Å². The highest BCUT2D eigenvalue weighted by Gasteiger charge is 2.13. The fourth-order valence-corrected chi connectivity index (χ4v) is 1.22. The molecule has 5 heteroatoms. The molecule has 15 heavy (non-hydrogen) atoms. The molecule has 2 amide bonds. The van der Waals surface area contributed by atoms with Gasteiger partial charge in [-0.05, 0) is 38.5 Å². The third kappa shape index (κ3) is 3.43. The van der Waals surface area contributed by atoms with E-state index < -0.39 is 0 Å². The fourth-order valence-electron chi connectivity index (χ4n) is 1.05. The van der Waals surface area contributed by atoms with E-state index in [9.17, 15) is 4.79 Å². The topological polar surface area (TPSA) is 45.2 Å². The van der Waals surface area contributed by atoms with Crippen molar-refractivity contribution in [2.75, 3.05) is 4.31 Å². The quantitative estimate of drug-likeness (QED) is 0.758. The number of rotatable bonds is 2. The van der Waals surface area contributed by atoms with Crippen LogP contribution < -0.4 is 9.62 Å². The Bertz CT molecular complexity index is 354. The van der Waals surface area contributed by atoms with E-state index in [1.165, 1.54) is 4.31 Å². The first-order valence-electron chi connectivity index (χ1n) is 4.73. The van der Waals surface area contributed by atoms with E-state index in [-0.39, 0.29) is 12.1 Å². The molecule has 0 atom stereocenters. The molecule has 0 radical (unpaired) electrons. The second-order valence-electron chi connectivity index (χ2n) is 3.61. The van der Waals surface area contributed by atoms with E-state index in [0.717, 1.165) is 5.56 Å². The smallest absolute Gasteiger partial charge is 0.333 e. The Morgan fingerprint density at radius 2 is 2.27 bits per heavy atom. The average Bonchev–Trinajstić information content (AvgIpc) is 2.15. The Morgan fingerprint density at radius 3 is 2.80 bits per heavy atom. The molecule has 0 unspecified atom stereocenters. The molecule has 0 spiro atoms. The van der Waals surface area contributed by atoms with Gasteiger partial charge >= 0.3 is 6.03 Å². The van der Waals surface area contributed by atoms with Crippen molar-refractivity contribution in [3.63, 3.8) is 0 Å². The van der Waals surface area contributed by atoms with Crippen LogP contribution in [0, 0.1) is 6.92 Å². The van der Waals surface area contributed by atoms with Crippen LogP contribution in [0.25, 0.3) is 0 Å². The van der Waals surface area contributed by atoms with Gasteiger partial charge in [-0.3, -0.25) is 0 Å². The molecule has 0 fully saturated rings. The third-order valence-electron chi connectivity index (χ3n) is 1.72. The first-order chi connectivity index (χ1) is 7.00. The van der Waals surface area contributed by atoms with Crippen molar-refractivity contribution < 1.29 is 4.79 Å². The molecule has 1 heterocycles. The van der Waals surface area contributed by atoms with E-state index in [1.54, 1.807) is 12.3 Å². The molecule has 0 aromatic carbocycles. The van der Waals surface area contributed by atoms with Crippen LogP contribution in [0.2, 0.25) is 0 Å². The number of nitrogens with zero attached hydrogens (tertiary/aromatic N) is 2. The summed E-state index contributed by atoms with van der Waals surface area (Å²) in [6, 6.07) is 3.47. The Balaban J connectivity index is 2.76. The van der Waals surface area contributed by atoms with Gasteiger partial charge in [-0.1, -0.05) is 12.8 Å². The van der Waals surface area contributed by atoms with Crippen molar-refractivity contribution >= 4 is 24.7 Å². The van der Waals surface area contributed by atoms with E-state index in [4.69, 9.17) is 0 Å². The van der Waals surface area contributed by atoms with Gasteiger partial charge in [0.25, 0.3) is 0 Å². The molecule has 82 valence electrons. The van der Waals surface area contributed by atoms with Gasteiger partial charge < -0.3 is 5.32 Å². The molecule has 0 saturated carbocycles. The number of thiol groups is 1. The predicted molar refractivity (Wildman–Crippen MR) is 64.1 cm³/mol. The predicted octanol–water partition coefficient (Wildman–Crippen LogP) is 2.16. The van der Waals surface area contributed by atoms with Crippen LogP contribution in [0.4, 0.5) is 10.6 Å². The first kappa shape index (κ1) is 11.8. The molecule has 0 aliphatic carbocycles. The Labute approximate surface area is 95.2 Å². The number of aromatic nitrogens is 1. The van der Waals surface area contributed by atoms with Crippen LogP contribution >= 0.6 is 12.8 Å². The van der Waals surface area contributed by atoms with Gasteiger partial charge in [0.05, 0.1) is 0 Å². The second kappa shape index (κ2) is 5.02. The lowest BCUT2D eigenvalue weighted by Gasteiger charge is -2.17. The van der Waals surface area contributed by atoms with E-state index in [2.05, 4.69) is 23.1 Å². The molecule has 0 bridgehead atoms. The number of hydrogen-bond donors (Lipinski definition) is 2. The van der Waals surface area contributed by atoms with Crippen molar-refractivity contribution in [1.82, 2.24) is 10.3 Å². The number of urea groups is 1. The lowest BCUT2D eigenvalue weighted by Crippen LogP contribution is -2.38.